The second-order valence-corrected chi connectivity index (χ2v) is 21.2. The van der Waals surface area contributed by atoms with Crippen LogP contribution in [0.5, 0.6) is 0 Å². The molecule has 0 aromatic heterocycles. The average Bonchev–Trinajstić information content (AvgIpc) is 3.39. The minimum absolute atomic E-state index is 0.0906. The Labute approximate surface area is 418 Å². The zero-order chi connectivity index (χ0) is 49.5. The number of aliphatic hydroxyl groups is 2. The lowest BCUT2D eigenvalue weighted by Gasteiger charge is -2.42. The number of hydrogen-bond donors (Lipinski definition) is 3. The number of halogens is 1. The summed E-state index contributed by atoms with van der Waals surface area (Å²) in [6.07, 6.45) is 4.74. The van der Waals surface area contributed by atoms with Crippen molar-refractivity contribution in [2.24, 2.45) is 11.8 Å². The van der Waals surface area contributed by atoms with Crippen molar-refractivity contribution >= 4 is 23.2 Å². The second-order valence-electron chi connectivity index (χ2n) is 20.8. The molecule has 0 radical (unpaired) electrons. The van der Waals surface area contributed by atoms with E-state index in [1.54, 1.807) is 0 Å². The van der Waals surface area contributed by atoms with Crippen LogP contribution in [-0.2, 0) is 22.0 Å². The third kappa shape index (κ3) is 14.0. The zero-order valence-corrected chi connectivity index (χ0v) is 42.6. The van der Waals surface area contributed by atoms with Crippen LogP contribution in [0, 0.1) is 11.8 Å². The molecule has 2 aliphatic heterocycles. The molecule has 0 spiro atoms. The molecule has 2 heterocycles. The summed E-state index contributed by atoms with van der Waals surface area (Å²) in [5.41, 5.74) is 6.28. The van der Waals surface area contributed by atoms with E-state index >= 15 is 0 Å². The molecule has 0 unspecified atom stereocenters. The molecule has 6 aromatic carbocycles. The van der Waals surface area contributed by atoms with E-state index in [4.69, 9.17) is 11.6 Å². The molecule has 0 aliphatic carbocycles. The Hall–Kier alpha value is -5.21. The van der Waals surface area contributed by atoms with E-state index in [2.05, 4.69) is 63.9 Å². The van der Waals surface area contributed by atoms with Crippen molar-refractivity contribution in [2.75, 3.05) is 38.6 Å². The number of nitrogens with zero attached hydrogens (tertiary/aromatic N) is 1. The summed E-state index contributed by atoms with van der Waals surface area (Å²) in [7, 11) is 0. The maximum atomic E-state index is 12.8. The first-order valence-corrected chi connectivity index (χ1v) is 25.5. The molecule has 6 aromatic rings. The van der Waals surface area contributed by atoms with Crippen molar-refractivity contribution in [3.8, 4) is 0 Å². The first-order chi connectivity index (χ1) is 33.0. The number of likely N-dealkylation sites (tertiary alicyclic amines) is 1. The van der Waals surface area contributed by atoms with E-state index in [1.807, 2.05) is 158 Å². The summed E-state index contributed by atoms with van der Waals surface area (Å²) >= 11 is 5.53. The van der Waals surface area contributed by atoms with Gasteiger partial charge in [-0.25, -0.2) is 0 Å². The molecule has 0 saturated carbocycles. The number of hydrogen-bond acceptors (Lipinski definition) is 6. The van der Waals surface area contributed by atoms with E-state index in [1.165, 1.54) is 11.1 Å². The van der Waals surface area contributed by atoms with E-state index < -0.39 is 11.2 Å². The molecule has 0 atom stereocenters. The van der Waals surface area contributed by atoms with Crippen LogP contribution < -0.4 is 5.32 Å². The Morgan fingerprint density at radius 2 is 0.797 bits per heavy atom. The number of piperidine rings is 2. The normalized spacial score (nSPS) is 15.3. The van der Waals surface area contributed by atoms with Gasteiger partial charge in [0.05, 0.1) is 0 Å². The van der Waals surface area contributed by atoms with E-state index in [0.29, 0.717) is 18.7 Å². The average molecular weight is 948 g/mol. The lowest BCUT2D eigenvalue weighted by Crippen LogP contribution is -2.44. The quantitative estimate of drug-likeness (QED) is 0.0789. The monoisotopic (exact) mass is 947 g/mol. The fourth-order valence-corrected chi connectivity index (χ4v) is 9.98. The lowest BCUT2D eigenvalue weighted by atomic mass is 9.72. The van der Waals surface area contributed by atoms with Crippen molar-refractivity contribution in [3.05, 3.63) is 214 Å². The van der Waals surface area contributed by atoms with Crippen molar-refractivity contribution < 1.29 is 19.8 Å². The molecule has 0 bridgehead atoms. The molecule has 0 amide bonds. The number of rotatable bonds is 13. The molecule has 7 heteroatoms. The molecule has 8 rings (SSSR count). The van der Waals surface area contributed by atoms with Gasteiger partial charge >= 0.3 is 0 Å². The van der Waals surface area contributed by atoms with Gasteiger partial charge in [0.25, 0.3) is 0 Å². The number of nitrogens with one attached hydrogen (secondary N) is 1. The Kier molecular flexibility index (Phi) is 18.9. The summed E-state index contributed by atoms with van der Waals surface area (Å²) in [6, 6.07) is 56.1. The van der Waals surface area contributed by atoms with E-state index in [0.717, 1.165) is 91.8 Å². The highest BCUT2D eigenvalue weighted by Gasteiger charge is 2.42. The van der Waals surface area contributed by atoms with Gasteiger partial charge in [0.15, 0.2) is 11.6 Å². The third-order valence-corrected chi connectivity index (χ3v) is 14.3. The largest absolute Gasteiger partial charge is 0.380 e. The fraction of sp³-hybridized carbons (Fsp3) is 0.387. The van der Waals surface area contributed by atoms with Crippen LogP contribution in [0.2, 0.25) is 0 Å². The van der Waals surface area contributed by atoms with E-state index in [-0.39, 0.29) is 34.2 Å². The summed E-state index contributed by atoms with van der Waals surface area (Å²) in [5.74, 6) is 1.10. The van der Waals surface area contributed by atoms with Gasteiger partial charge < -0.3 is 20.4 Å². The van der Waals surface area contributed by atoms with Crippen LogP contribution in [0.1, 0.15) is 134 Å². The van der Waals surface area contributed by atoms with Crippen LogP contribution in [-0.4, -0.2) is 65.3 Å². The van der Waals surface area contributed by atoms with Crippen LogP contribution >= 0.6 is 11.6 Å². The van der Waals surface area contributed by atoms with Crippen LogP contribution in [0.4, 0.5) is 0 Å². The minimum Gasteiger partial charge on any atom is -0.380 e. The van der Waals surface area contributed by atoms with Gasteiger partial charge in [0.2, 0.25) is 0 Å². The van der Waals surface area contributed by atoms with Crippen molar-refractivity contribution in [1.29, 1.82) is 0 Å². The van der Waals surface area contributed by atoms with Crippen molar-refractivity contribution in [1.82, 2.24) is 10.2 Å². The van der Waals surface area contributed by atoms with Gasteiger partial charge in [0, 0.05) is 36.4 Å². The molecule has 6 nitrogen and oxygen atoms in total. The molecule has 364 valence electrons. The number of carbonyl (C=O) groups is 2. The molecule has 69 heavy (non-hydrogen) atoms. The number of ketones is 2. The van der Waals surface area contributed by atoms with Gasteiger partial charge in [-0.05, 0) is 108 Å². The maximum absolute atomic E-state index is 12.8. The summed E-state index contributed by atoms with van der Waals surface area (Å²) in [5, 5.41) is 27.0. The first-order valence-electron chi connectivity index (χ1n) is 25.0. The molecular weight excluding hydrogens is 872 g/mol. The van der Waals surface area contributed by atoms with Gasteiger partial charge in [-0.15, -0.1) is 11.6 Å². The van der Waals surface area contributed by atoms with Crippen LogP contribution in [0.25, 0.3) is 0 Å². The zero-order valence-electron chi connectivity index (χ0n) is 41.8. The summed E-state index contributed by atoms with van der Waals surface area (Å²) < 4.78 is 0. The number of carbonyl (C=O) groups excluding carboxylic acids is 2. The highest BCUT2D eigenvalue weighted by molar-refractivity contribution is 6.19. The number of benzene rings is 6. The topological polar surface area (TPSA) is 89.9 Å². The van der Waals surface area contributed by atoms with Gasteiger partial charge in [-0.3, -0.25) is 9.59 Å². The third-order valence-electron chi connectivity index (χ3n) is 14.1. The molecule has 2 fully saturated rings. The molecule has 2 aliphatic rings. The van der Waals surface area contributed by atoms with Crippen LogP contribution in [0.15, 0.2) is 170 Å². The SMILES string of the molecule is CC(C)(C)c1ccc(C(=O)CCCl)cc1.CC(C)(C)c1ccc(C(=O)CCN2CCC(C(O)(c3ccccc3)c3ccccc3)CC2)cc1.OC(c1ccccc1)(c1ccccc1)C1CCNCC1. The Morgan fingerprint density at radius 3 is 1.12 bits per heavy atom. The Balaban J connectivity index is 0.000000189. The molecular formula is C62H75ClN2O4. The van der Waals surface area contributed by atoms with Gasteiger partial charge in [-0.2, -0.15) is 0 Å². The van der Waals surface area contributed by atoms with Crippen molar-refractivity contribution in [2.45, 2.75) is 102 Å². The molecule has 3 N–H and O–H groups in total. The molecule has 2 saturated heterocycles. The Bertz CT molecular complexity index is 2370. The first kappa shape index (κ1) is 53.1. The standard InChI is InChI=1S/C31H37NO2.C18H21NO.C13H17ClO/c1-30(2,3)25-16-14-24(15-17-25)29(33)20-23-32-21-18-28(19-22-32)31(34,26-10-6-4-7-11-26)27-12-8-5-9-13-27;20-18(15-7-3-1-4-8-15,16-9-5-2-6-10-16)17-11-13-19-14-12-17;1-13(2,3)11-6-4-10(5-7-11)12(15)8-9-14/h4-17,28,34H,18-23H2,1-3H3;1-10,17,19-20H,11-14H2;4-7H,8-9H2,1-3H3. The maximum Gasteiger partial charge on any atom is 0.164 e. The fourth-order valence-electron chi connectivity index (χ4n) is 9.81. The van der Waals surface area contributed by atoms with Gasteiger partial charge in [-0.1, -0.05) is 211 Å². The number of Topliss-reactive ketones (excluding diaryl/α,β-unsaturated/α-hetero) is 2. The van der Waals surface area contributed by atoms with Gasteiger partial charge in [0.1, 0.15) is 11.2 Å². The lowest BCUT2D eigenvalue weighted by molar-refractivity contribution is -0.0141. The predicted molar refractivity (Wildman–Crippen MR) is 285 cm³/mol. The highest BCUT2D eigenvalue weighted by atomic mass is 35.5. The summed E-state index contributed by atoms with van der Waals surface area (Å²) in [4.78, 5) is 26.7. The second kappa shape index (κ2) is 24.6. The summed E-state index contributed by atoms with van der Waals surface area (Å²) in [6.45, 7) is 17.5. The predicted octanol–water partition coefficient (Wildman–Crippen LogP) is 12.9. The smallest absolute Gasteiger partial charge is 0.164 e. The van der Waals surface area contributed by atoms with Crippen LogP contribution in [0.3, 0.4) is 0 Å². The highest BCUT2D eigenvalue weighted by Crippen LogP contribution is 2.43. The Morgan fingerprint density at radius 1 is 0.478 bits per heavy atom. The van der Waals surface area contributed by atoms with E-state index in [9.17, 15) is 19.8 Å². The van der Waals surface area contributed by atoms with Crippen molar-refractivity contribution in [3.63, 3.8) is 0 Å². The minimum atomic E-state index is -1.00. The number of alkyl halides is 1.